The van der Waals surface area contributed by atoms with Crippen molar-refractivity contribution in [1.29, 1.82) is 0 Å². The van der Waals surface area contributed by atoms with Crippen molar-refractivity contribution in [2.24, 2.45) is 0 Å². The molecule has 0 saturated carbocycles. The van der Waals surface area contributed by atoms with E-state index in [1.54, 1.807) is 24.1 Å². The highest BCUT2D eigenvalue weighted by atomic mass is 16.2. The summed E-state index contributed by atoms with van der Waals surface area (Å²) >= 11 is 0. The third-order valence-corrected chi connectivity index (χ3v) is 5.95. The predicted molar refractivity (Wildman–Crippen MR) is 111 cm³/mol. The Balaban J connectivity index is 1.43. The number of carbonyl (C=O) groups excluding carboxylic acids is 3. The van der Waals surface area contributed by atoms with Gasteiger partial charge in [0.05, 0.1) is 13.1 Å². The lowest BCUT2D eigenvalue weighted by atomic mass is 10.0. The van der Waals surface area contributed by atoms with Crippen LogP contribution >= 0.6 is 0 Å². The molecule has 7 heteroatoms. The molecule has 7 nitrogen and oxygen atoms in total. The molecule has 1 aromatic carbocycles. The van der Waals surface area contributed by atoms with Crippen LogP contribution in [0.1, 0.15) is 36.5 Å². The van der Waals surface area contributed by atoms with Gasteiger partial charge in [0.15, 0.2) is 0 Å². The second-order valence-corrected chi connectivity index (χ2v) is 8.12. The molecule has 2 saturated heterocycles. The van der Waals surface area contributed by atoms with Crippen molar-refractivity contribution in [1.82, 2.24) is 19.6 Å². The van der Waals surface area contributed by atoms with E-state index in [1.807, 2.05) is 23.1 Å². The number of likely N-dealkylation sites (N-methyl/N-ethyl adjacent to an activating group) is 1. The number of carbonyl (C=O) groups is 3. The first kappa shape index (κ1) is 21.3. The number of likely N-dealkylation sites (tertiary alicyclic amines) is 1. The largest absolute Gasteiger partial charge is 0.339 e. The molecule has 1 aromatic rings. The standard InChI is InChI=1S/C22H32N4O3/c1-18-8-6-7-11-26(18)21(28)17-24-12-14-25(15-13-24)20(27)16-23(2)22(29)19-9-4-3-5-10-19/h3-5,9-10,18H,6-8,11-17H2,1-2H3. The quantitative estimate of drug-likeness (QED) is 0.748. The molecule has 0 aromatic heterocycles. The van der Waals surface area contributed by atoms with Gasteiger partial charge in [0.2, 0.25) is 11.8 Å². The maximum atomic E-state index is 12.6. The fourth-order valence-electron chi connectivity index (χ4n) is 4.08. The van der Waals surface area contributed by atoms with Gasteiger partial charge in [-0.05, 0) is 38.3 Å². The van der Waals surface area contributed by atoms with Crippen molar-refractivity contribution in [3.63, 3.8) is 0 Å². The van der Waals surface area contributed by atoms with Crippen molar-refractivity contribution in [2.45, 2.75) is 32.2 Å². The summed E-state index contributed by atoms with van der Waals surface area (Å²) in [4.78, 5) is 45.0. The molecular formula is C22H32N4O3. The molecule has 2 aliphatic heterocycles. The Labute approximate surface area is 173 Å². The molecule has 0 spiro atoms. The smallest absolute Gasteiger partial charge is 0.254 e. The summed E-state index contributed by atoms with van der Waals surface area (Å²) in [6.07, 6.45) is 3.38. The zero-order valence-corrected chi connectivity index (χ0v) is 17.5. The molecule has 0 radical (unpaired) electrons. The summed E-state index contributed by atoms with van der Waals surface area (Å²) in [6.45, 7) is 6.05. The van der Waals surface area contributed by atoms with Gasteiger partial charge in [-0.3, -0.25) is 19.3 Å². The number of hydrogen-bond donors (Lipinski definition) is 0. The summed E-state index contributed by atoms with van der Waals surface area (Å²) in [7, 11) is 1.65. The lowest BCUT2D eigenvalue weighted by molar-refractivity contribution is -0.137. The first-order valence-electron chi connectivity index (χ1n) is 10.6. The molecule has 0 bridgehead atoms. The van der Waals surface area contributed by atoms with Crippen LogP contribution in [0.4, 0.5) is 0 Å². The van der Waals surface area contributed by atoms with Crippen LogP contribution in [-0.4, -0.2) is 96.2 Å². The van der Waals surface area contributed by atoms with E-state index >= 15 is 0 Å². The van der Waals surface area contributed by atoms with Gasteiger partial charge in [-0.1, -0.05) is 18.2 Å². The van der Waals surface area contributed by atoms with Gasteiger partial charge in [0.1, 0.15) is 0 Å². The van der Waals surface area contributed by atoms with Crippen molar-refractivity contribution in [3.05, 3.63) is 35.9 Å². The second-order valence-electron chi connectivity index (χ2n) is 8.12. The minimum Gasteiger partial charge on any atom is -0.339 e. The molecule has 158 valence electrons. The van der Waals surface area contributed by atoms with E-state index in [-0.39, 0.29) is 24.3 Å². The highest BCUT2D eigenvalue weighted by Crippen LogP contribution is 2.17. The average molecular weight is 401 g/mol. The van der Waals surface area contributed by atoms with E-state index in [0.29, 0.717) is 44.3 Å². The summed E-state index contributed by atoms with van der Waals surface area (Å²) in [5.74, 6) is -0.00332. The topological polar surface area (TPSA) is 64.2 Å². The van der Waals surface area contributed by atoms with Gasteiger partial charge in [-0.15, -0.1) is 0 Å². The van der Waals surface area contributed by atoms with Crippen LogP contribution in [0.25, 0.3) is 0 Å². The highest BCUT2D eigenvalue weighted by Gasteiger charge is 2.28. The SMILES string of the molecule is CC1CCCCN1C(=O)CN1CCN(C(=O)CN(C)C(=O)c2ccccc2)CC1. The molecule has 0 aliphatic carbocycles. The fourth-order valence-corrected chi connectivity index (χ4v) is 4.08. The third-order valence-electron chi connectivity index (χ3n) is 5.95. The van der Waals surface area contributed by atoms with Gasteiger partial charge >= 0.3 is 0 Å². The number of amides is 3. The molecule has 2 aliphatic rings. The molecule has 3 amide bonds. The second kappa shape index (κ2) is 9.87. The molecule has 2 fully saturated rings. The first-order valence-corrected chi connectivity index (χ1v) is 10.6. The Bertz CT molecular complexity index is 716. The Hall–Kier alpha value is -2.41. The minimum atomic E-state index is -0.154. The van der Waals surface area contributed by atoms with E-state index in [1.165, 1.54) is 11.3 Å². The van der Waals surface area contributed by atoms with Gasteiger partial charge in [-0.25, -0.2) is 0 Å². The van der Waals surface area contributed by atoms with Crippen LogP contribution < -0.4 is 0 Å². The zero-order chi connectivity index (χ0) is 20.8. The molecule has 2 heterocycles. The van der Waals surface area contributed by atoms with Crippen molar-refractivity contribution >= 4 is 17.7 Å². The normalized spacial score (nSPS) is 20.4. The Kier molecular flexibility index (Phi) is 7.25. The van der Waals surface area contributed by atoms with E-state index in [9.17, 15) is 14.4 Å². The molecular weight excluding hydrogens is 368 g/mol. The summed E-state index contributed by atoms with van der Waals surface area (Å²) in [5, 5.41) is 0. The van der Waals surface area contributed by atoms with Gasteiger partial charge in [0.25, 0.3) is 5.91 Å². The third kappa shape index (κ3) is 5.56. The highest BCUT2D eigenvalue weighted by molar-refractivity contribution is 5.96. The number of benzene rings is 1. The minimum absolute atomic E-state index is 0.0487. The van der Waals surface area contributed by atoms with Crippen molar-refractivity contribution in [3.8, 4) is 0 Å². The summed E-state index contributed by atoms with van der Waals surface area (Å²) in [6, 6.07) is 9.32. The van der Waals surface area contributed by atoms with Gasteiger partial charge < -0.3 is 14.7 Å². The van der Waals surface area contributed by atoms with Crippen LogP contribution in [0.15, 0.2) is 30.3 Å². The maximum absolute atomic E-state index is 12.6. The van der Waals surface area contributed by atoms with E-state index < -0.39 is 0 Å². The van der Waals surface area contributed by atoms with E-state index in [2.05, 4.69) is 11.8 Å². The van der Waals surface area contributed by atoms with Crippen LogP contribution in [0.5, 0.6) is 0 Å². The Morgan fingerprint density at radius 2 is 1.66 bits per heavy atom. The average Bonchev–Trinajstić information content (AvgIpc) is 2.74. The van der Waals surface area contributed by atoms with Gasteiger partial charge in [0, 0.05) is 51.4 Å². The molecule has 3 rings (SSSR count). The number of rotatable bonds is 5. The summed E-state index contributed by atoms with van der Waals surface area (Å²) in [5.41, 5.74) is 0.582. The van der Waals surface area contributed by atoms with E-state index in [0.717, 1.165) is 19.4 Å². The Morgan fingerprint density at radius 1 is 0.966 bits per heavy atom. The molecule has 1 unspecified atom stereocenters. The van der Waals surface area contributed by atoms with Crippen LogP contribution in [0.3, 0.4) is 0 Å². The number of hydrogen-bond acceptors (Lipinski definition) is 4. The maximum Gasteiger partial charge on any atom is 0.254 e. The molecule has 1 atom stereocenters. The molecule has 29 heavy (non-hydrogen) atoms. The Morgan fingerprint density at radius 3 is 2.31 bits per heavy atom. The number of piperazine rings is 1. The molecule has 0 N–H and O–H groups in total. The first-order chi connectivity index (χ1) is 14.0. The predicted octanol–water partition coefficient (Wildman–Crippen LogP) is 1.30. The number of piperidine rings is 1. The van der Waals surface area contributed by atoms with E-state index in [4.69, 9.17) is 0 Å². The van der Waals surface area contributed by atoms with Crippen LogP contribution in [0, 0.1) is 0 Å². The lowest BCUT2D eigenvalue weighted by Gasteiger charge is -2.38. The monoisotopic (exact) mass is 400 g/mol. The fraction of sp³-hybridized carbons (Fsp3) is 0.591. The lowest BCUT2D eigenvalue weighted by Crippen LogP contribution is -2.54. The number of nitrogens with zero attached hydrogens (tertiary/aromatic N) is 4. The van der Waals surface area contributed by atoms with Crippen molar-refractivity contribution in [2.75, 3.05) is 52.9 Å². The van der Waals surface area contributed by atoms with Crippen LogP contribution in [0.2, 0.25) is 0 Å². The van der Waals surface area contributed by atoms with Crippen LogP contribution in [-0.2, 0) is 9.59 Å². The zero-order valence-electron chi connectivity index (χ0n) is 17.5. The van der Waals surface area contributed by atoms with Crippen molar-refractivity contribution < 1.29 is 14.4 Å². The van der Waals surface area contributed by atoms with Gasteiger partial charge in [-0.2, -0.15) is 0 Å². The summed E-state index contributed by atoms with van der Waals surface area (Å²) < 4.78 is 0.